The SMILES string of the molecule is Cc1ccc(C(=O)NCc2cc3nc(-c4cc(F)cc(N5CCOCC5)n4)ccc3cn2)cc1S(=O)(=O)CCO. The maximum atomic E-state index is 14.5. The Morgan fingerprint density at radius 3 is 2.65 bits per heavy atom. The van der Waals surface area contributed by atoms with Crippen molar-refractivity contribution in [3.63, 3.8) is 0 Å². The van der Waals surface area contributed by atoms with E-state index in [2.05, 4.69) is 20.3 Å². The van der Waals surface area contributed by atoms with Gasteiger partial charge in [0.1, 0.15) is 11.6 Å². The number of nitrogens with one attached hydrogen (secondary N) is 1. The fourth-order valence-electron chi connectivity index (χ4n) is 4.45. The van der Waals surface area contributed by atoms with Gasteiger partial charge in [0.05, 0.1) is 59.6 Å². The van der Waals surface area contributed by atoms with Crippen LogP contribution in [0.3, 0.4) is 0 Å². The van der Waals surface area contributed by atoms with Crippen molar-refractivity contribution in [3.05, 3.63) is 77.4 Å². The number of halogens is 1. The van der Waals surface area contributed by atoms with Crippen LogP contribution in [0.2, 0.25) is 0 Å². The number of pyridine rings is 3. The summed E-state index contributed by atoms with van der Waals surface area (Å²) in [4.78, 5) is 28.5. The lowest BCUT2D eigenvalue weighted by molar-refractivity contribution is 0.0950. The number of aryl methyl sites for hydroxylation is 1. The minimum atomic E-state index is -3.71. The Balaban J connectivity index is 1.35. The summed E-state index contributed by atoms with van der Waals surface area (Å²) in [6.45, 7) is 3.58. The van der Waals surface area contributed by atoms with Crippen LogP contribution in [0.15, 0.2) is 59.6 Å². The largest absolute Gasteiger partial charge is 0.395 e. The van der Waals surface area contributed by atoms with E-state index in [4.69, 9.17) is 9.84 Å². The summed E-state index contributed by atoms with van der Waals surface area (Å²) in [6, 6.07) is 12.5. The van der Waals surface area contributed by atoms with Gasteiger partial charge in [0.25, 0.3) is 5.91 Å². The molecule has 208 valence electrons. The quantitative estimate of drug-likeness (QED) is 0.331. The molecule has 1 aliphatic rings. The van der Waals surface area contributed by atoms with Crippen LogP contribution in [0.25, 0.3) is 22.3 Å². The lowest BCUT2D eigenvalue weighted by atomic mass is 10.1. The lowest BCUT2D eigenvalue weighted by Crippen LogP contribution is -2.36. The van der Waals surface area contributed by atoms with Gasteiger partial charge >= 0.3 is 0 Å². The maximum absolute atomic E-state index is 14.5. The molecular weight excluding hydrogens is 537 g/mol. The second-order valence-electron chi connectivity index (χ2n) is 9.40. The van der Waals surface area contributed by atoms with Crippen molar-refractivity contribution >= 4 is 32.5 Å². The van der Waals surface area contributed by atoms with Gasteiger partial charge in [-0.2, -0.15) is 0 Å². The Morgan fingerprint density at radius 1 is 1.07 bits per heavy atom. The Hall–Kier alpha value is -4.00. The number of morpholine rings is 1. The number of aromatic nitrogens is 3. The minimum Gasteiger partial charge on any atom is -0.395 e. The standard InChI is InChI=1S/C28H28FN5O5S/c1-18-2-3-19(12-26(18)40(37,38)11-8-35)28(36)31-17-22-15-24-20(16-30-22)4-5-23(32-24)25-13-21(29)14-27(33-25)34-6-9-39-10-7-34/h2-5,12-16,35H,6-11,17H2,1H3,(H,31,36). The van der Waals surface area contributed by atoms with E-state index in [9.17, 15) is 17.6 Å². The van der Waals surface area contributed by atoms with Crippen LogP contribution < -0.4 is 10.2 Å². The average molecular weight is 566 g/mol. The van der Waals surface area contributed by atoms with Gasteiger partial charge in [-0.05, 0) is 42.8 Å². The van der Waals surface area contributed by atoms with Crippen molar-refractivity contribution in [2.45, 2.75) is 18.4 Å². The van der Waals surface area contributed by atoms with Crippen molar-refractivity contribution < 1.29 is 27.4 Å². The number of ether oxygens (including phenoxy) is 1. The molecule has 1 saturated heterocycles. The number of hydrogen-bond donors (Lipinski definition) is 2. The Labute approximate surface area is 230 Å². The van der Waals surface area contributed by atoms with E-state index in [0.717, 1.165) is 5.39 Å². The van der Waals surface area contributed by atoms with E-state index in [1.165, 1.54) is 18.2 Å². The highest BCUT2D eigenvalue weighted by molar-refractivity contribution is 7.91. The van der Waals surface area contributed by atoms with Gasteiger partial charge in [0.15, 0.2) is 9.84 Å². The second kappa shape index (κ2) is 11.6. The van der Waals surface area contributed by atoms with Gasteiger partial charge in [0.2, 0.25) is 0 Å². The highest BCUT2D eigenvalue weighted by Gasteiger charge is 2.19. The van der Waals surface area contributed by atoms with Crippen molar-refractivity contribution in [1.29, 1.82) is 0 Å². The van der Waals surface area contributed by atoms with Crippen molar-refractivity contribution in [1.82, 2.24) is 20.3 Å². The molecule has 0 aliphatic carbocycles. The first-order valence-corrected chi connectivity index (χ1v) is 14.4. The van der Waals surface area contributed by atoms with E-state index in [-0.39, 0.29) is 17.0 Å². The Kier molecular flexibility index (Phi) is 8.01. The van der Waals surface area contributed by atoms with E-state index in [1.807, 2.05) is 11.0 Å². The summed E-state index contributed by atoms with van der Waals surface area (Å²) in [7, 11) is -3.71. The topological polar surface area (TPSA) is 135 Å². The first-order chi connectivity index (χ1) is 19.2. The number of benzene rings is 1. The van der Waals surface area contributed by atoms with Gasteiger partial charge in [-0.15, -0.1) is 0 Å². The molecule has 1 aliphatic heterocycles. The zero-order valence-electron chi connectivity index (χ0n) is 21.8. The summed E-state index contributed by atoms with van der Waals surface area (Å²) in [5, 5.41) is 12.6. The number of carbonyl (C=O) groups excluding carboxylic acids is 1. The molecule has 2 N–H and O–H groups in total. The van der Waals surface area contributed by atoms with Gasteiger partial charge in [-0.1, -0.05) is 6.07 Å². The van der Waals surface area contributed by atoms with Crippen molar-refractivity contribution in [2.24, 2.45) is 0 Å². The van der Waals surface area contributed by atoms with Crippen LogP contribution in [-0.4, -0.2) is 73.0 Å². The fourth-order valence-corrected chi connectivity index (χ4v) is 5.77. The number of nitrogens with zero attached hydrogens (tertiary/aromatic N) is 4. The number of rotatable bonds is 8. The van der Waals surface area contributed by atoms with Crippen LogP contribution in [0, 0.1) is 12.7 Å². The molecule has 0 saturated carbocycles. The molecule has 4 aromatic rings. The van der Waals surface area contributed by atoms with E-state index < -0.39 is 33.9 Å². The summed E-state index contributed by atoms with van der Waals surface area (Å²) in [5.41, 5.74) is 2.71. The zero-order chi connectivity index (χ0) is 28.3. The first-order valence-electron chi connectivity index (χ1n) is 12.7. The van der Waals surface area contributed by atoms with Crippen LogP contribution in [-0.2, 0) is 21.1 Å². The summed E-state index contributed by atoms with van der Waals surface area (Å²) in [6.07, 6.45) is 1.64. The number of carbonyl (C=O) groups is 1. The molecule has 3 aromatic heterocycles. The Morgan fingerprint density at radius 2 is 1.88 bits per heavy atom. The maximum Gasteiger partial charge on any atom is 0.251 e. The number of hydrogen-bond acceptors (Lipinski definition) is 9. The van der Waals surface area contributed by atoms with E-state index in [1.54, 1.807) is 37.4 Å². The molecule has 0 unspecified atom stereocenters. The van der Waals surface area contributed by atoms with Gasteiger partial charge in [0, 0.05) is 42.4 Å². The van der Waals surface area contributed by atoms with Crippen LogP contribution in [0.4, 0.5) is 10.2 Å². The fraction of sp³-hybridized carbons (Fsp3) is 0.286. The molecule has 0 atom stereocenters. The van der Waals surface area contributed by atoms with Gasteiger partial charge in [-0.25, -0.2) is 22.8 Å². The van der Waals surface area contributed by atoms with Crippen LogP contribution >= 0.6 is 0 Å². The third kappa shape index (κ3) is 6.09. The molecule has 1 amide bonds. The van der Waals surface area contributed by atoms with Crippen molar-refractivity contribution in [3.8, 4) is 11.4 Å². The van der Waals surface area contributed by atoms with Gasteiger partial charge < -0.3 is 20.1 Å². The smallest absolute Gasteiger partial charge is 0.251 e. The molecule has 0 radical (unpaired) electrons. The molecule has 0 spiro atoms. The molecular formula is C28H28FN5O5S. The number of fused-ring (bicyclic) bond motifs is 1. The van der Waals surface area contributed by atoms with E-state index >= 15 is 0 Å². The second-order valence-corrected chi connectivity index (χ2v) is 11.5. The third-order valence-electron chi connectivity index (χ3n) is 6.58. The molecule has 4 heterocycles. The predicted molar refractivity (Wildman–Crippen MR) is 147 cm³/mol. The summed E-state index contributed by atoms with van der Waals surface area (Å²) in [5.74, 6) is -0.769. The summed E-state index contributed by atoms with van der Waals surface area (Å²) >= 11 is 0. The monoisotopic (exact) mass is 565 g/mol. The molecule has 1 aromatic carbocycles. The zero-order valence-corrected chi connectivity index (χ0v) is 22.6. The molecule has 40 heavy (non-hydrogen) atoms. The minimum absolute atomic E-state index is 0.0116. The van der Waals surface area contributed by atoms with Crippen LogP contribution in [0.5, 0.6) is 0 Å². The summed E-state index contributed by atoms with van der Waals surface area (Å²) < 4.78 is 44.7. The highest BCUT2D eigenvalue weighted by atomic mass is 32.2. The Bertz CT molecular complexity index is 1680. The van der Waals surface area contributed by atoms with E-state index in [0.29, 0.717) is 60.3 Å². The molecule has 12 heteroatoms. The van der Waals surface area contributed by atoms with Crippen LogP contribution in [0.1, 0.15) is 21.6 Å². The lowest BCUT2D eigenvalue weighted by Gasteiger charge is -2.28. The molecule has 5 rings (SSSR count). The van der Waals surface area contributed by atoms with Crippen molar-refractivity contribution in [2.75, 3.05) is 43.6 Å². The normalized spacial score (nSPS) is 13.9. The predicted octanol–water partition coefficient (Wildman–Crippen LogP) is 2.67. The highest BCUT2D eigenvalue weighted by Crippen LogP contribution is 2.24. The number of sulfone groups is 1. The molecule has 0 bridgehead atoms. The number of aliphatic hydroxyl groups is 1. The molecule has 10 nitrogen and oxygen atoms in total. The average Bonchev–Trinajstić information content (AvgIpc) is 2.95. The first kappa shape index (κ1) is 27.6. The number of anilines is 1. The molecule has 1 fully saturated rings. The number of amides is 1. The third-order valence-corrected chi connectivity index (χ3v) is 8.41. The van der Waals surface area contributed by atoms with Gasteiger partial charge in [-0.3, -0.25) is 9.78 Å². The number of aliphatic hydroxyl groups excluding tert-OH is 1.